The van der Waals surface area contributed by atoms with E-state index in [0.717, 1.165) is 0 Å². The molecule has 29 heavy (non-hydrogen) atoms. The Balaban J connectivity index is 1.50. The molecule has 0 aliphatic carbocycles. The number of nitrogens with one attached hydrogen (secondary N) is 2. The van der Waals surface area contributed by atoms with E-state index in [0.29, 0.717) is 62.4 Å². The van der Waals surface area contributed by atoms with Gasteiger partial charge in [-0.3, -0.25) is 14.9 Å². The predicted octanol–water partition coefficient (Wildman–Crippen LogP) is 1.87. The van der Waals surface area contributed by atoms with Crippen LogP contribution in [-0.2, 0) is 6.42 Å². The van der Waals surface area contributed by atoms with Gasteiger partial charge in [0.2, 0.25) is 0 Å². The van der Waals surface area contributed by atoms with E-state index in [4.69, 9.17) is 4.52 Å². The highest BCUT2D eigenvalue weighted by molar-refractivity contribution is 5.80. The fraction of sp³-hybridized carbons (Fsp3) is 0.556. The lowest BCUT2D eigenvalue weighted by atomic mass is 10.3. The molecule has 11 heteroatoms. The van der Waals surface area contributed by atoms with Gasteiger partial charge in [-0.1, -0.05) is 11.2 Å². The van der Waals surface area contributed by atoms with Crippen LogP contribution < -0.4 is 10.6 Å². The van der Waals surface area contributed by atoms with Crippen LogP contribution in [0.3, 0.4) is 0 Å². The molecule has 2 aromatic rings. The smallest absolute Gasteiger partial charge is 0.357 e. The molecule has 0 saturated carbocycles. The van der Waals surface area contributed by atoms with Gasteiger partial charge in [0.05, 0.1) is 6.54 Å². The van der Waals surface area contributed by atoms with Gasteiger partial charge in [0.15, 0.2) is 11.8 Å². The molecule has 3 heterocycles. The van der Waals surface area contributed by atoms with E-state index in [1.165, 1.54) is 4.90 Å². The summed E-state index contributed by atoms with van der Waals surface area (Å²) < 4.78 is 42.8. The predicted molar refractivity (Wildman–Crippen MR) is 101 cm³/mol. The fourth-order valence-corrected chi connectivity index (χ4v) is 3.08. The van der Waals surface area contributed by atoms with Gasteiger partial charge in [-0.2, -0.15) is 18.2 Å². The number of guanidine groups is 1. The van der Waals surface area contributed by atoms with Crippen molar-refractivity contribution in [2.24, 2.45) is 4.99 Å². The monoisotopic (exact) mass is 411 g/mol. The van der Waals surface area contributed by atoms with Crippen LogP contribution in [0.5, 0.6) is 0 Å². The van der Waals surface area contributed by atoms with Crippen LogP contribution in [0.1, 0.15) is 19.2 Å². The van der Waals surface area contributed by atoms with Crippen LogP contribution in [0, 0.1) is 0 Å². The molecule has 1 atom stereocenters. The van der Waals surface area contributed by atoms with E-state index in [9.17, 15) is 13.2 Å². The number of nitrogens with zero attached hydrogens (tertiary/aromatic N) is 5. The Morgan fingerprint density at radius 3 is 2.97 bits per heavy atom. The minimum Gasteiger partial charge on any atom is -0.357 e. The van der Waals surface area contributed by atoms with Crippen LogP contribution in [0.4, 0.5) is 13.2 Å². The second-order valence-electron chi connectivity index (χ2n) is 6.72. The first kappa shape index (κ1) is 21.0. The molecule has 1 unspecified atom stereocenters. The first-order valence-electron chi connectivity index (χ1n) is 9.51. The minimum absolute atomic E-state index is 0.0731. The molecule has 2 N–H and O–H groups in total. The third-order valence-corrected chi connectivity index (χ3v) is 4.32. The van der Waals surface area contributed by atoms with Crippen LogP contribution in [0.2, 0.25) is 0 Å². The van der Waals surface area contributed by atoms with E-state index >= 15 is 0 Å². The summed E-state index contributed by atoms with van der Waals surface area (Å²) in [4.78, 5) is 14.3. The third-order valence-electron chi connectivity index (χ3n) is 4.32. The van der Waals surface area contributed by atoms with Crippen molar-refractivity contribution in [2.75, 3.05) is 32.7 Å². The highest BCUT2D eigenvalue weighted by atomic mass is 19.4. The maximum atomic E-state index is 12.5. The molecule has 0 bridgehead atoms. The molecule has 0 aromatic carbocycles. The van der Waals surface area contributed by atoms with Crippen molar-refractivity contribution < 1.29 is 17.7 Å². The first-order valence-corrected chi connectivity index (χ1v) is 9.51. The fourth-order valence-electron chi connectivity index (χ4n) is 3.08. The molecular formula is C18H24F3N7O. The zero-order chi connectivity index (χ0) is 20.7. The lowest BCUT2D eigenvalue weighted by molar-refractivity contribution is -0.143. The number of hydrogen-bond acceptors (Lipinski definition) is 6. The maximum Gasteiger partial charge on any atom is 0.401 e. The third kappa shape index (κ3) is 6.70. The Bertz CT molecular complexity index is 794. The van der Waals surface area contributed by atoms with E-state index in [1.807, 2.05) is 13.0 Å². The summed E-state index contributed by atoms with van der Waals surface area (Å²) in [5.41, 5.74) is 0.606. The number of alkyl halides is 3. The summed E-state index contributed by atoms with van der Waals surface area (Å²) in [5, 5.41) is 10.3. The molecule has 3 rings (SSSR count). The van der Waals surface area contributed by atoms with E-state index < -0.39 is 12.7 Å². The Kier molecular flexibility index (Phi) is 7.02. The van der Waals surface area contributed by atoms with Gasteiger partial charge in [0.25, 0.3) is 5.89 Å². The number of aromatic nitrogens is 3. The summed E-state index contributed by atoms with van der Waals surface area (Å²) in [6, 6.07) is 5.35. The number of hydrogen-bond donors (Lipinski definition) is 2. The molecule has 158 valence electrons. The van der Waals surface area contributed by atoms with E-state index in [-0.39, 0.29) is 6.04 Å². The molecule has 1 saturated heterocycles. The van der Waals surface area contributed by atoms with Crippen molar-refractivity contribution in [1.82, 2.24) is 30.7 Å². The van der Waals surface area contributed by atoms with E-state index in [2.05, 4.69) is 30.8 Å². The number of rotatable bonds is 7. The molecule has 2 aromatic heterocycles. The number of aliphatic imine (C=N–C) groups is 1. The second-order valence-corrected chi connectivity index (χ2v) is 6.72. The topological polar surface area (TPSA) is 91.5 Å². The Morgan fingerprint density at radius 1 is 1.38 bits per heavy atom. The van der Waals surface area contributed by atoms with Crippen LogP contribution >= 0.6 is 0 Å². The summed E-state index contributed by atoms with van der Waals surface area (Å²) in [6.07, 6.45) is -1.42. The Morgan fingerprint density at radius 2 is 2.24 bits per heavy atom. The summed E-state index contributed by atoms with van der Waals surface area (Å²) in [5.74, 6) is 1.44. The van der Waals surface area contributed by atoms with E-state index in [1.54, 1.807) is 18.3 Å². The van der Waals surface area contributed by atoms with Crippen LogP contribution in [0.15, 0.2) is 33.9 Å². The molecule has 0 radical (unpaired) electrons. The van der Waals surface area contributed by atoms with Crippen molar-refractivity contribution in [1.29, 1.82) is 0 Å². The van der Waals surface area contributed by atoms with Gasteiger partial charge in [-0.15, -0.1) is 0 Å². The van der Waals surface area contributed by atoms with Crippen molar-refractivity contribution in [2.45, 2.75) is 32.0 Å². The maximum absolute atomic E-state index is 12.5. The summed E-state index contributed by atoms with van der Waals surface area (Å²) in [7, 11) is 0. The van der Waals surface area contributed by atoms with Gasteiger partial charge in [0, 0.05) is 44.8 Å². The summed E-state index contributed by atoms with van der Waals surface area (Å²) >= 11 is 0. The van der Waals surface area contributed by atoms with Crippen molar-refractivity contribution in [3.8, 4) is 11.6 Å². The standard InChI is InChI=1S/C18H24F3N7O/c1-2-22-17(25-13-7-10-28(11-13)12-18(19,20)21)24-9-6-15-26-16(29-27-15)14-5-3-4-8-23-14/h3-5,8,13H,2,6-7,9-12H2,1H3,(H2,22,24,25). The van der Waals surface area contributed by atoms with Gasteiger partial charge < -0.3 is 15.2 Å². The van der Waals surface area contributed by atoms with Gasteiger partial charge >= 0.3 is 6.18 Å². The molecule has 0 amide bonds. The van der Waals surface area contributed by atoms with Crippen LogP contribution in [-0.4, -0.2) is 70.9 Å². The number of halogens is 3. The second kappa shape index (κ2) is 9.68. The number of pyridine rings is 1. The molecule has 8 nitrogen and oxygen atoms in total. The van der Waals surface area contributed by atoms with Crippen molar-refractivity contribution in [3.05, 3.63) is 30.2 Å². The zero-order valence-corrected chi connectivity index (χ0v) is 16.1. The molecule has 1 aliphatic rings. The van der Waals surface area contributed by atoms with Gasteiger partial charge in [0.1, 0.15) is 5.69 Å². The van der Waals surface area contributed by atoms with Crippen molar-refractivity contribution in [3.63, 3.8) is 0 Å². The molecular weight excluding hydrogens is 387 g/mol. The number of likely N-dealkylation sites (tertiary alicyclic amines) is 1. The average Bonchev–Trinajstić information content (AvgIpc) is 3.31. The SMILES string of the molecule is CCNC(=NCCc1noc(-c2ccccn2)n1)NC1CCN(CC(F)(F)F)C1. The highest BCUT2D eigenvalue weighted by Crippen LogP contribution is 2.20. The Hall–Kier alpha value is -2.69. The normalized spacial score (nSPS) is 18.2. The lowest BCUT2D eigenvalue weighted by Crippen LogP contribution is -2.45. The average molecular weight is 411 g/mol. The quantitative estimate of drug-likeness (QED) is 0.531. The summed E-state index contributed by atoms with van der Waals surface area (Å²) in [6.45, 7) is 2.86. The molecule has 0 spiro atoms. The minimum atomic E-state index is -4.17. The Labute approximate surface area is 166 Å². The lowest BCUT2D eigenvalue weighted by Gasteiger charge is -2.19. The molecule has 1 aliphatic heterocycles. The van der Waals surface area contributed by atoms with Crippen molar-refractivity contribution >= 4 is 5.96 Å². The first-order chi connectivity index (χ1) is 13.9. The zero-order valence-electron chi connectivity index (χ0n) is 16.1. The molecule has 1 fully saturated rings. The van der Waals surface area contributed by atoms with Gasteiger partial charge in [-0.25, -0.2) is 0 Å². The highest BCUT2D eigenvalue weighted by Gasteiger charge is 2.34. The van der Waals surface area contributed by atoms with Crippen LogP contribution in [0.25, 0.3) is 11.6 Å². The van der Waals surface area contributed by atoms with Gasteiger partial charge in [-0.05, 0) is 25.5 Å². The largest absolute Gasteiger partial charge is 0.401 e.